The Hall–Kier alpha value is -3.72. The maximum atomic E-state index is 13.2. The number of hydrogen-bond donors (Lipinski definition) is 1. The van der Waals surface area contributed by atoms with Gasteiger partial charge in [0.05, 0.1) is 31.9 Å². The number of nitrogens with zero attached hydrogens (tertiary/aromatic N) is 1. The molecule has 9 heteroatoms. The van der Waals surface area contributed by atoms with Crippen molar-refractivity contribution in [3.05, 3.63) is 71.0 Å². The number of rotatable bonds is 6. The summed E-state index contributed by atoms with van der Waals surface area (Å²) < 4.78 is 29.5. The minimum absolute atomic E-state index is 0.0860. The van der Waals surface area contributed by atoms with Gasteiger partial charge in [-0.2, -0.15) is 0 Å². The Kier molecular flexibility index (Phi) is 7.87. The number of anilines is 1. The Morgan fingerprint density at radius 1 is 1.05 bits per heavy atom. The third-order valence-electron chi connectivity index (χ3n) is 6.54. The van der Waals surface area contributed by atoms with Crippen molar-refractivity contribution in [3.8, 4) is 0 Å². The second kappa shape index (κ2) is 10.9. The number of esters is 1. The first kappa shape index (κ1) is 27.3. The summed E-state index contributed by atoms with van der Waals surface area (Å²) in [7, 11) is 0. The third kappa shape index (κ3) is 5.88. The Balaban J connectivity index is 1.57. The van der Waals surface area contributed by atoms with E-state index >= 15 is 0 Å². The number of ether oxygens (including phenoxy) is 3. The molecule has 1 saturated heterocycles. The Morgan fingerprint density at radius 3 is 2.26 bits per heavy atom. The van der Waals surface area contributed by atoms with E-state index in [4.69, 9.17) is 14.2 Å². The topological polar surface area (TPSA) is 94.2 Å². The smallest absolute Gasteiger partial charge is 0.410 e. The van der Waals surface area contributed by atoms with Gasteiger partial charge in [0.15, 0.2) is 0 Å². The van der Waals surface area contributed by atoms with Crippen LogP contribution in [0.4, 0.5) is 14.9 Å². The maximum Gasteiger partial charge on any atom is 0.410 e. The number of nitrogens with one attached hydrogen (secondary N) is 1. The van der Waals surface area contributed by atoms with E-state index in [2.05, 4.69) is 5.32 Å². The molecule has 4 rings (SSSR count). The summed E-state index contributed by atoms with van der Waals surface area (Å²) in [5.74, 6) is -1.09. The number of carbonyl (C=O) groups excluding carboxylic acids is 3. The number of hydrogen-bond acceptors (Lipinski definition) is 6. The molecule has 0 aromatic heterocycles. The second-order valence-corrected chi connectivity index (χ2v) is 10.4. The fourth-order valence-corrected chi connectivity index (χ4v) is 4.48. The van der Waals surface area contributed by atoms with E-state index in [1.54, 1.807) is 27.7 Å². The lowest BCUT2D eigenvalue weighted by Gasteiger charge is -2.40. The van der Waals surface area contributed by atoms with E-state index in [0.29, 0.717) is 24.2 Å². The van der Waals surface area contributed by atoms with Crippen molar-refractivity contribution in [3.63, 3.8) is 0 Å². The minimum Gasteiger partial charge on any atom is -0.463 e. The quantitative estimate of drug-likeness (QED) is 0.551. The largest absolute Gasteiger partial charge is 0.463 e. The highest BCUT2D eigenvalue weighted by Crippen LogP contribution is 2.36. The van der Waals surface area contributed by atoms with Crippen LogP contribution in [0, 0.1) is 5.82 Å². The molecule has 2 amide bonds. The van der Waals surface area contributed by atoms with Gasteiger partial charge in [0.25, 0.3) is 0 Å². The van der Waals surface area contributed by atoms with Gasteiger partial charge >= 0.3 is 12.1 Å². The van der Waals surface area contributed by atoms with Gasteiger partial charge in [0, 0.05) is 12.2 Å². The summed E-state index contributed by atoms with van der Waals surface area (Å²) in [5.41, 5.74) is 1.78. The summed E-state index contributed by atoms with van der Waals surface area (Å²) in [4.78, 5) is 40.2. The molecule has 2 aliphatic heterocycles. The Bertz CT molecular complexity index is 1230. The number of amides is 2. The molecule has 202 valence electrons. The Labute approximate surface area is 221 Å². The number of carbonyl (C=O) groups is 3. The van der Waals surface area contributed by atoms with Gasteiger partial charge in [-0.1, -0.05) is 24.3 Å². The molecule has 2 heterocycles. The first-order valence-electron chi connectivity index (χ1n) is 12.6. The molecule has 1 fully saturated rings. The van der Waals surface area contributed by atoms with E-state index in [1.165, 1.54) is 29.2 Å². The normalized spacial score (nSPS) is 16.9. The highest BCUT2D eigenvalue weighted by molar-refractivity contribution is 6.01. The van der Waals surface area contributed by atoms with Crippen molar-refractivity contribution in [1.29, 1.82) is 0 Å². The third-order valence-corrected chi connectivity index (χ3v) is 6.54. The van der Waals surface area contributed by atoms with Crippen LogP contribution in [0.5, 0.6) is 0 Å². The molecule has 0 unspecified atom stereocenters. The summed E-state index contributed by atoms with van der Waals surface area (Å²) in [6.07, 6.45) is -0.0285. The summed E-state index contributed by atoms with van der Waals surface area (Å²) >= 11 is 0. The lowest BCUT2D eigenvalue weighted by atomic mass is 9.77. The van der Waals surface area contributed by atoms with Crippen molar-refractivity contribution >= 4 is 29.2 Å². The average Bonchev–Trinajstić information content (AvgIpc) is 2.84. The zero-order valence-electron chi connectivity index (χ0n) is 22.1. The van der Waals surface area contributed by atoms with Crippen molar-refractivity contribution in [1.82, 2.24) is 4.90 Å². The van der Waals surface area contributed by atoms with Crippen LogP contribution in [0.2, 0.25) is 0 Å². The van der Waals surface area contributed by atoms with Gasteiger partial charge in [0.2, 0.25) is 5.91 Å². The molecule has 0 aliphatic carbocycles. The van der Waals surface area contributed by atoms with Crippen LogP contribution in [0.15, 0.2) is 54.1 Å². The van der Waals surface area contributed by atoms with Crippen LogP contribution in [0.25, 0.3) is 5.57 Å². The predicted molar refractivity (Wildman–Crippen MR) is 140 cm³/mol. The second-order valence-electron chi connectivity index (χ2n) is 10.4. The van der Waals surface area contributed by atoms with Gasteiger partial charge < -0.3 is 24.4 Å². The molecule has 2 aliphatic rings. The van der Waals surface area contributed by atoms with Crippen LogP contribution < -0.4 is 5.32 Å². The van der Waals surface area contributed by atoms with E-state index < -0.39 is 23.1 Å². The predicted octanol–water partition coefficient (Wildman–Crippen LogP) is 4.69. The standard InChI is InChI=1S/C29H33FN2O6/c1-5-37-25(33)24-16-32(27(35)38-28(2,3)4)15-14-23(24)19-6-8-20(9-7-19)29(17-36-18-29)26(34)31-22-12-10-21(30)11-13-22/h6-13H,5,14-18H2,1-4H3,(H,31,34). The lowest BCUT2D eigenvalue weighted by molar-refractivity contribution is -0.140. The fraction of sp³-hybridized carbons (Fsp3) is 0.414. The fourth-order valence-electron chi connectivity index (χ4n) is 4.48. The van der Waals surface area contributed by atoms with E-state index in [0.717, 1.165) is 16.7 Å². The molecule has 0 saturated carbocycles. The maximum absolute atomic E-state index is 13.2. The van der Waals surface area contributed by atoms with Gasteiger partial charge in [-0.05, 0) is 75.1 Å². The summed E-state index contributed by atoms with van der Waals surface area (Å²) in [6, 6.07) is 13.1. The molecule has 1 N–H and O–H groups in total. The lowest BCUT2D eigenvalue weighted by Crippen LogP contribution is -2.55. The van der Waals surface area contributed by atoms with Crippen LogP contribution in [0.3, 0.4) is 0 Å². The van der Waals surface area contributed by atoms with Crippen LogP contribution in [-0.2, 0) is 29.2 Å². The first-order chi connectivity index (χ1) is 18.0. The zero-order chi connectivity index (χ0) is 27.5. The molecular weight excluding hydrogens is 491 g/mol. The molecule has 0 radical (unpaired) electrons. The minimum atomic E-state index is -0.870. The van der Waals surface area contributed by atoms with E-state index in [9.17, 15) is 18.8 Å². The number of benzene rings is 2. The summed E-state index contributed by atoms with van der Waals surface area (Å²) in [6.45, 7) is 8.26. The highest BCUT2D eigenvalue weighted by Gasteiger charge is 2.47. The van der Waals surface area contributed by atoms with E-state index in [1.807, 2.05) is 24.3 Å². The average molecular weight is 525 g/mol. The molecule has 2 aromatic carbocycles. The summed E-state index contributed by atoms with van der Waals surface area (Å²) in [5, 5.41) is 2.85. The first-order valence-corrected chi connectivity index (χ1v) is 12.6. The van der Waals surface area contributed by atoms with Gasteiger partial charge in [-0.15, -0.1) is 0 Å². The zero-order valence-corrected chi connectivity index (χ0v) is 22.1. The van der Waals surface area contributed by atoms with Gasteiger partial charge in [0.1, 0.15) is 16.8 Å². The van der Waals surface area contributed by atoms with Crippen LogP contribution >= 0.6 is 0 Å². The molecule has 0 spiro atoms. The van der Waals surface area contributed by atoms with Crippen molar-refractivity contribution in [2.45, 2.75) is 45.1 Å². The van der Waals surface area contributed by atoms with Crippen molar-refractivity contribution < 1.29 is 33.0 Å². The highest BCUT2D eigenvalue weighted by atomic mass is 19.1. The molecule has 0 atom stereocenters. The van der Waals surface area contributed by atoms with Crippen LogP contribution in [-0.4, -0.2) is 61.4 Å². The van der Waals surface area contributed by atoms with Crippen LogP contribution in [0.1, 0.15) is 45.2 Å². The van der Waals surface area contributed by atoms with Crippen molar-refractivity contribution in [2.24, 2.45) is 0 Å². The van der Waals surface area contributed by atoms with Gasteiger partial charge in [-0.3, -0.25) is 4.79 Å². The molecule has 38 heavy (non-hydrogen) atoms. The molecule has 0 bridgehead atoms. The molecule has 8 nitrogen and oxygen atoms in total. The van der Waals surface area contributed by atoms with E-state index in [-0.39, 0.29) is 38.1 Å². The molecule has 2 aromatic rings. The van der Waals surface area contributed by atoms with Crippen molar-refractivity contribution in [2.75, 3.05) is 38.2 Å². The molecular formula is C29H33FN2O6. The Morgan fingerprint density at radius 2 is 1.71 bits per heavy atom. The van der Waals surface area contributed by atoms with Gasteiger partial charge in [-0.25, -0.2) is 14.0 Å². The number of halogens is 1. The SMILES string of the molecule is CCOC(=O)C1=C(c2ccc(C3(C(=O)Nc4ccc(F)cc4)COC3)cc2)CCN(C(=O)OC(C)(C)C)C1. The monoisotopic (exact) mass is 524 g/mol.